The number of ether oxygens (including phenoxy) is 1. The number of benzene rings is 1. The van der Waals surface area contributed by atoms with Crippen LogP contribution in [-0.4, -0.2) is 16.2 Å². The van der Waals surface area contributed by atoms with Gasteiger partial charge in [0.25, 0.3) is 0 Å². The van der Waals surface area contributed by atoms with E-state index >= 15 is 0 Å². The Balaban J connectivity index is 2.21. The highest BCUT2D eigenvalue weighted by Crippen LogP contribution is 2.20. The lowest BCUT2D eigenvalue weighted by Gasteiger charge is -2.07. The number of hydrogen-bond donors (Lipinski definition) is 0. The Morgan fingerprint density at radius 3 is 2.88 bits per heavy atom. The Bertz CT molecular complexity index is 488. The zero-order valence-electron chi connectivity index (χ0n) is 9.98. The second-order valence-corrected chi connectivity index (χ2v) is 4.60. The summed E-state index contributed by atoms with van der Waals surface area (Å²) < 4.78 is 8.42. The van der Waals surface area contributed by atoms with E-state index in [2.05, 4.69) is 33.0 Å². The van der Waals surface area contributed by atoms with Crippen molar-refractivity contribution in [2.24, 2.45) is 7.05 Å². The first kappa shape index (κ1) is 12.2. The first-order chi connectivity index (χ1) is 8.20. The average Bonchev–Trinajstić information content (AvgIpc) is 2.62. The van der Waals surface area contributed by atoms with Crippen molar-refractivity contribution in [1.82, 2.24) is 9.55 Å². The lowest BCUT2D eigenvalue weighted by atomic mass is 10.1. The van der Waals surface area contributed by atoms with Gasteiger partial charge in [-0.2, -0.15) is 0 Å². The summed E-state index contributed by atoms with van der Waals surface area (Å²) in [5.41, 5.74) is 2.39. The molecule has 0 aliphatic carbocycles. The van der Waals surface area contributed by atoms with Crippen LogP contribution in [0.2, 0.25) is 0 Å². The molecular formula is C13H15BrN2O. The molecule has 0 radical (unpaired) electrons. The van der Waals surface area contributed by atoms with Crippen LogP contribution < -0.4 is 4.74 Å². The van der Waals surface area contributed by atoms with E-state index in [4.69, 9.17) is 4.74 Å². The molecule has 0 fully saturated rings. The Hall–Kier alpha value is -1.29. The molecule has 0 aliphatic heterocycles. The largest absolute Gasteiger partial charge is 0.494 e. The zero-order chi connectivity index (χ0) is 12.3. The van der Waals surface area contributed by atoms with Crippen molar-refractivity contribution in [1.29, 1.82) is 0 Å². The molecule has 2 rings (SSSR count). The van der Waals surface area contributed by atoms with Crippen LogP contribution in [0.25, 0.3) is 0 Å². The third-order valence-electron chi connectivity index (χ3n) is 2.59. The molecule has 1 heterocycles. The second-order valence-electron chi connectivity index (χ2n) is 3.85. The number of hydrogen-bond acceptors (Lipinski definition) is 2. The van der Waals surface area contributed by atoms with Gasteiger partial charge in [0.15, 0.2) is 0 Å². The molecule has 90 valence electrons. The molecule has 0 amide bonds. The van der Waals surface area contributed by atoms with Gasteiger partial charge in [0, 0.05) is 13.5 Å². The molecular weight excluding hydrogens is 280 g/mol. The van der Waals surface area contributed by atoms with Crippen molar-refractivity contribution in [3.8, 4) is 5.75 Å². The molecule has 0 saturated carbocycles. The van der Waals surface area contributed by atoms with Gasteiger partial charge in [-0.1, -0.05) is 12.1 Å². The van der Waals surface area contributed by atoms with Gasteiger partial charge in [0.2, 0.25) is 0 Å². The topological polar surface area (TPSA) is 27.1 Å². The maximum absolute atomic E-state index is 5.49. The van der Waals surface area contributed by atoms with E-state index in [0.29, 0.717) is 6.61 Å². The van der Waals surface area contributed by atoms with Crippen LogP contribution in [-0.2, 0) is 13.5 Å². The summed E-state index contributed by atoms with van der Waals surface area (Å²) >= 11 is 3.46. The summed E-state index contributed by atoms with van der Waals surface area (Å²) in [5, 5.41) is 0. The number of nitrogens with zero attached hydrogens (tertiary/aromatic N) is 2. The van der Waals surface area contributed by atoms with Crippen LogP contribution in [0.4, 0.5) is 0 Å². The fourth-order valence-electron chi connectivity index (χ4n) is 1.73. The van der Waals surface area contributed by atoms with Gasteiger partial charge in [0.1, 0.15) is 10.4 Å². The Morgan fingerprint density at radius 1 is 1.41 bits per heavy atom. The number of halogens is 1. The molecule has 0 saturated heterocycles. The van der Waals surface area contributed by atoms with Gasteiger partial charge in [-0.05, 0) is 40.5 Å². The summed E-state index contributed by atoms with van der Waals surface area (Å²) in [6.45, 7) is 2.68. The fraction of sp³-hybridized carbons (Fsp3) is 0.308. The molecule has 0 bridgehead atoms. The third kappa shape index (κ3) is 2.88. The Labute approximate surface area is 110 Å². The number of aromatic nitrogens is 2. The number of imidazole rings is 1. The molecule has 0 aliphatic rings. The van der Waals surface area contributed by atoms with E-state index in [1.54, 1.807) is 0 Å². The van der Waals surface area contributed by atoms with Crippen LogP contribution in [0.1, 0.15) is 18.2 Å². The van der Waals surface area contributed by atoms with Crippen molar-refractivity contribution < 1.29 is 4.74 Å². The van der Waals surface area contributed by atoms with Crippen molar-refractivity contribution >= 4 is 15.9 Å². The summed E-state index contributed by atoms with van der Waals surface area (Å²) in [5.74, 6) is 0.920. The van der Waals surface area contributed by atoms with Crippen molar-refractivity contribution in [3.05, 3.63) is 46.5 Å². The van der Waals surface area contributed by atoms with Crippen molar-refractivity contribution in [2.75, 3.05) is 6.61 Å². The van der Waals surface area contributed by atoms with Crippen LogP contribution >= 0.6 is 15.9 Å². The smallest absolute Gasteiger partial charge is 0.127 e. The highest BCUT2D eigenvalue weighted by Gasteiger charge is 2.07. The number of rotatable bonds is 4. The molecule has 4 heteroatoms. The monoisotopic (exact) mass is 294 g/mol. The molecule has 1 aromatic carbocycles. The normalized spacial score (nSPS) is 10.5. The van der Waals surface area contributed by atoms with Crippen LogP contribution in [0.15, 0.2) is 35.2 Å². The molecule has 0 unspecified atom stereocenters. The Morgan fingerprint density at radius 2 is 2.24 bits per heavy atom. The summed E-state index contributed by atoms with van der Waals surface area (Å²) in [6, 6.07) is 8.17. The van der Waals surface area contributed by atoms with E-state index in [1.807, 2.05) is 37.0 Å². The molecule has 0 N–H and O–H groups in total. The predicted molar refractivity (Wildman–Crippen MR) is 71.3 cm³/mol. The average molecular weight is 295 g/mol. The molecule has 1 aromatic heterocycles. The first-order valence-corrected chi connectivity index (χ1v) is 6.37. The second kappa shape index (κ2) is 5.36. The molecule has 0 atom stereocenters. The lowest BCUT2D eigenvalue weighted by molar-refractivity contribution is 0.340. The highest BCUT2D eigenvalue weighted by atomic mass is 79.9. The Kier molecular flexibility index (Phi) is 3.84. The van der Waals surface area contributed by atoms with Crippen LogP contribution in [0, 0.1) is 0 Å². The zero-order valence-corrected chi connectivity index (χ0v) is 11.6. The molecule has 2 aromatic rings. The maximum Gasteiger partial charge on any atom is 0.127 e. The quantitative estimate of drug-likeness (QED) is 0.866. The highest BCUT2D eigenvalue weighted by molar-refractivity contribution is 9.10. The summed E-state index contributed by atoms with van der Waals surface area (Å²) in [6.07, 6.45) is 2.66. The van der Waals surface area contributed by atoms with Gasteiger partial charge in [0.05, 0.1) is 18.6 Å². The van der Waals surface area contributed by atoms with Gasteiger partial charge in [-0.15, -0.1) is 0 Å². The first-order valence-electron chi connectivity index (χ1n) is 5.58. The minimum atomic E-state index is 0.693. The van der Waals surface area contributed by atoms with E-state index < -0.39 is 0 Å². The molecule has 3 nitrogen and oxygen atoms in total. The molecule has 0 spiro atoms. The molecule has 17 heavy (non-hydrogen) atoms. The summed E-state index contributed by atoms with van der Waals surface area (Å²) in [4.78, 5) is 4.22. The van der Waals surface area contributed by atoms with Gasteiger partial charge in [-0.25, -0.2) is 4.98 Å². The van der Waals surface area contributed by atoms with Gasteiger partial charge < -0.3 is 9.30 Å². The lowest BCUT2D eigenvalue weighted by Crippen LogP contribution is -1.98. The van der Waals surface area contributed by atoms with Crippen LogP contribution in [0.5, 0.6) is 5.75 Å². The predicted octanol–water partition coefficient (Wildman–Crippen LogP) is 3.17. The minimum Gasteiger partial charge on any atom is -0.494 e. The minimum absolute atomic E-state index is 0.693. The van der Waals surface area contributed by atoms with Crippen molar-refractivity contribution in [2.45, 2.75) is 13.3 Å². The van der Waals surface area contributed by atoms with E-state index in [1.165, 1.54) is 11.3 Å². The van der Waals surface area contributed by atoms with E-state index in [0.717, 1.165) is 16.8 Å². The van der Waals surface area contributed by atoms with E-state index in [-0.39, 0.29) is 0 Å². The van der Waals surface area contributed by atoms with Gasteiger partial charge >= 0.3 is 0 Å². The SMILES string of the molecule is CCOc1cccc(Cc2c(Br)ncn2C)c1. The standard InChI is InChI=1S/C13H15BrN2O/c1-3-17-11-6-4-5-10(7-11)8-12-13(14)15-9-16(12)2/h4-7,9H,3,8H2,1-2H3. The third-order valence-corrected chi connectivity index (χ3v) is 3.25. The van der Waals surface area contributed by atoms with Gasteiger partial charge in [-0.3, -0.25) is 0 Å². The number of aryl methyl sites for hydroxylation is 1. The van der Waals surface area contributed by atoms with E-state index in [9.17, 15) is 0 Å². The maximum atomic E-state index is 5.49. The van der Waals surface area contributed by atoms with Crippen LogP contribution in [0.3, 0.4) is 0 Å². The summed E-state index contributed by atoms with van der Waals surface area (Å²) in [7, 11) is 2.00. The fourth-order valence-corrected chi connectivity index (χ4v) is 2.24. The van der Waals surface area contributed by atoms with Crippen molar-refractivity contribution in [3.63, 3.8) is 0 Å².